The van der Waals surface area contributed by atoms with Gasteiger partial charge in [-0.1, -0.05) is 59.2 Å². The molecule has 162 valence electrons. The van der Waals surface area contributed by atoms with Gasteiger partial charge in [0.05, 0.1) is 12.5 Å². The third-order valence-electron chi connectivity index (χ3n) is 5.80. The number of halogens is 1. The summed E-state index contributed by atoms with van der Waals surface area (Å²) in [7, 11) is 0. The molecule has 1 aliphatic rings. The van der Waals surface area contributed by atoms with Gasteiger partial charge in [0, 0.05) is 22.8 Å². The third kappa shape index (κ3) is 4.66. The maximum atomic E-state index is 12.9. The molecule has 32 heavy (non-hydrogen) atoms. The zero-order valence-corrected chi connectivity index (χ0v) is 18.3. The number of nitrogens with one attached hydrogen (secondary N) is 1. The fraction of sp³-hybridized carbons (Fsp3) is 0.240. The van der Waals surface area contributed by atoms with E-state index < -0.39 is 0 Å². The number of nitrogens with zero attached hydrogens (tertiary/aromatic N) is 3. The largest absolute Gasteiger partial charge is 0.338 e. The van der Waals surface area contributed by atoms with E-state index in [1.807, 2.05) is 54.6 Å². The van der Waals surface area contributed by atoms with E-state index >= 15 is 0 Å². The Labute approximate surface area is 191 Å². The Morgan fingerprint density at radius 1 is 1.09 bits per heavy atom. The molecule has 1 N–H and O–H groups in total. The van der Waals surface area contributed by atoms with Gasteiger partial charge in [-0.2, -0.15) is 4.98 Å². The first kappa shape index (κ1) is 20.7. The van der Waals surface area contributed by atoms with Crippen molar-refractivity contribution < 1.29 is 9.32 Å². The molecule has 0 saturated carbocycles. The summed E-state index contributed by atoms with van der Waals surface area (Å²) in [5.74, 6) is 1.03. The second-order valence-electron chi connectivity index (χ2n) is 8.15. The van der Waals surface area contributed by atoms with Gasteiger partial charge in [-0.3, -0.25) is 9.69 Å². The number of hydrogen-bond acceptors (Lipinski definition) is 5. The standard InChI is InChI=1S/C25H23ClN4O2/c26-21-9-3-7-19(13-21)24-28-23(32-29-24)16-30-12-4-8-20(15-30)25(31)27-22-11-10-17-5-1-2-6-18(17)14-22/h1-3,5-7,9-11,13-14,20H,4,8,12,15-16H2,(H,27,31). The Kier molecular flexibility index (Phi) is 5.88. The molecule has 5 rings (SSSR count). The van der Waals surface area contributed by atoms with Crippen LogP contribution in [-0.4, -0.2) is 34.0 Å². The van der Waals surface area contributed by atoms with Crippen LogP contribution in [0.5, 0.6) is 0 Å². The van der Waals surface area contributed by atoms with Crippen LogP contribution >= 0.6 is 11.6 Å². The number of anilines is 1. The van der Waals surface area contributed by atoms with Crippen molar-refractivity contribution in [3.8, 4) is 11.4 Å². The highest BCUT2D eigenvalue weighted by molar-refractivity contribution is 6.30. The molecule has 1 unspecified atom stereocenters. The molecule has 0 spiro atoms. The van der Waals surface area contributed by atoms with Crippen LogP contribution < -0.4 is 5.32 Å². The highest BCUT2D eigenvalue weighted by atomic mass is 35.5. The van der Waals surface area contributed by atoms with Crippen LogP contribution in [0.4, 0.5) is 5.69 Å². The molecule has 0 aliphatic carbocycles. The Morgan fingerprint density at radius 3 is 2.84 bits per heavy atom. The number of hydrogen-bond donors (Lipinski definition) is 1. The first-order valence-electron chi connectivity index (χ1n) is 10.7. The molecule has 3 aromatic carbocycles. The van der Waals surface area contributed by atoms with E-state index in [1.54, 1.807) is 0 Å². The zero-order valence-electron chi connectivity index (χ0n) is 17.5. The van der Waals surface area contributed by atoms with Crippen molar-refractivity contribution in [2.24, 2.45) is 5.92 Å². The third-order valence-corrected chi connectivity index (χ3v) is 6.04. The lowest BCUT2D eigenvalue weighted by molar-refractivity contribution is -0.121. The van der Waals surface area contributed by atoms with Gasteiger partial charge in [0.15, 0.2) is 0 Å². The fourth-order valence-electron chi connectivity index (χ4n) is 4.18. The molecular weight excluding hydrogens is 424 g/mol. The predicted octanol–water partition coefficient (Wildman–Crippen LogP) is 5.39. The van der Waals surface area contributed by atoms with Crippen molar-refractivity contribution >= 4 is 34.0 Å². The number of fused-ring (bicyclic) bond motifs is 1. The van der Waals surface area contributed by atoms with Crippen molar-refractivity contribution in [1.82, 2.24) is 15.0 Å². The molecule has 1 atom stereocenters. The minimum atomic E-state index is -0.0782. The molecule has 0 bridgehead atoms. The van der Waals surface area contributed by atoms with Gasteiger partial charge >= 0.3 is 0 Å². The van der Waals surface area contributed by atoms with Crippen molar-refractivity contribution in [2.75, 3.05) is 18.4 Å². The van der Waals surface area contributed by atoms with Crippen LogP contribution in [0.25, 0.3) is 22.2 Å². The fourth-order valence-corrected chi connectivity index (χ4v) is 4.37. The average Bonchev–Trinajstić information content (AvgIpc) is 3.28. The van der Waals surface area contributed by atoms with Gasteiger partial charge in [-0.25, -0.2) is 0 Å². The minimum Gasteiger partial charge on any atom is -0.338 e. The van der Waals surface area contributed by atoms with Gasteiger partial charge < -0.3 is 9.84 Å². The lowest BCUT2D eigenvalue weighted by Crippen LogP contribution is -2.40. The van der Waals surface area contributed by atoms with E-state index in [0.29, 0.717) is 29.8 Å². The lowest BCUT2D eigenvalue weighted by atomic mass is 9.97. The maximum Gasteiger partial charge on any atom is 0.241 e. The first-order chi connectivity index (χ1) is 15.6. The van der Waals surface area contributed by atoms with Crippen molar-refractivity contribution in [3.63, 3.8) is 0 Å². The maximum absolute atomic E-state index is 12.9. The number of rotatable bonds is 5. The number of piperidine rings is 1. The summed E-state index contributed by atoms with van der Waals surface area (Å²) in [5, 5.41) is 10.1. The molecule has 1 saturated heterocycles. The summed E-state index contributed by atoms with van der Waals surface area (Å²) < 4.78 is 5.45. The van der Waals surface area contributed by atoms with Gasteiger partial charge in [0.2, 0.25) is 17.6 Å². The van der Waals surface area contributed by atoms with Crippen LogP contribution in [0.15, 0.2) is 71.3 Å². The molecule has 1 fully saturated rings. The van der Waals surface area contributed by atoms with Gasteiger partial charge in [0.25, 0.3) is 0 Å². The molecule has 6 nitrogen and oxygen atoms in total. The monoisotopic (exact) mass is 446 g/mol. The smallest absolute Gasteiger partial charge is 0.241 e. The summed E-state index contributed by atoms with van der Waals surface area (Å²) in [4.78, 5) is 19.6. The molecule has 0 radical (unpaired) electrons. The Bertz CT molecular complexity index is 1260. The summed E-state index contributed by atoms with van der Waals surface area (Å²) in [6.07, 6.45) is 1.82. The first-order valence-corrected chi connectivity index (χ1v) is 11.1. The number of carbonyl (C=O) groups is 1. The average molecular weight is 447 g/mol. The Hall–Kier alpha value is -3.22. The number of likely N-dealkylation sites (tertiary alicyclic amines) is 1. The highest BCUT2D eigenvalue weighted by Crippen LogP contribution is 2.24. The molecule has 1 aliphatic heterocycles. The second kappa shape index (κ2) is 9.10. The van der Waals surface area contributed by atoms with Crippen LogP contribution in [0.2, 0.25) is 5.02 Å². The normalized spacial score (nSPS) is 16.8. The molecular formula is C25H23ClN4O2. The quantitative estimate of drug-likeness (QED) is 0.444. The van der Waals surface area contributed by atoms with Crippen LogP contribution in [0.3, 0.4) is 0 Å². The number of carbonyl (C=O) groups excluding carboxylic acids is 1. The summed E-state index contributed by atoms with van der Waals surface area (Å²) in [6.45, 7) is 2.08. The van der Waals surface area contributed by atoms with Gasteiger partial charge in [-0.15, -0.1) is 0 Å². The van der Waals surface area contributed by atoms with Crippen molar-refractivity contribution in [2.45, 2.75) is 19.4 Å². The topological polar surface area (TPSA) is 71.3 Å². The highest BCUT2D eigenvalue weighted by Gasteiger charge is 2.27. The van der Waals surface area contributed by atoms with E-state index in [-0.39, 0.29) is 11.8 Å². The second-order valence-corrected chi connectivity index (χ2v) is 8.58. The molecule has 7 heteroatoms. The minimum absolute atomic E-state index is 0.0510. The Morgan fingerprint density at radius 2 is 1.97 bits per heavy atom. The number of amides is 1. The lowest BCUT2D eigenvalue weighted by Gasteiger charge is -2.30. The van der Waals surface area contributed by atoms with Crippen LogP contribution in [0.1, 0.15) is 18.7 Å². The van der Waals surface area contributed by atoms with E-state index in [1.165, 1.54) is 0 Å². The van der Waals surface area contributed by atoms with E-state index in [2.05, 4.69) is 32.5 Å². The van der Waals surface area contributed by atoms with E-state index in [4.69, 9.17) is 16.1 Å². The Balaban J connectivity index is 1.22. The molecule has 4 aromatic rings. The summed E-state index contributed by atoms with van der Waals surface area (Å²) >= 11 is 6.06. The van der Waals surface area contributed by atoms with E-state index in [9.17, 15) is 4.79 Å². The number of benzene rings is 3. The zero-order chi connectivity index (χ0) is 21.9. The predicted molar refractivity (Wildman–Crippen MR) is 125 cm³/mol. The van der Waals surface area contributed by atoms with Gasteiger partial charge in [0.1, 0.15) is 0 Å². The SMILES string of the molecule is O=C(Nc1ccc2ccccc2c1)C1CCCN(Cc2nc(-c3cccc(Cl)c3)no2)C1. The molecule has 1 aromatic heterocycles. The van der Waals surface area contributed by atoms with E-state index in [0.717, 1.165) is 41.4 Å². The van der Waals surface area contributed by atoms with Crippen molar-refractivity contribution in [1.29, 1.82) is 0 Å². The van der Waals surface area contributed by atoms with Gasteiger partial charge in [-0.05, 0) is 54.4 Å². The number of aromatic nitrogens is 2. The van der Waals surface area contributed by atoms with Crippen molar-refractivity contribution in [3.05, 3.63) is 77.6 Å². The molecule has 1 amide bonds. The van der Waals surface area contributed by atoms with Crippen LogP contribution in [0, 0.1) is 5.92 Å². The van der Waals surface area contributed by atoms with Crippen LogP contribution in [-0.2, 0) is 11.3 Å². The summed E-state index contributed by atoms with van der Waals surface area (Å²) in [5.41, 5.74) is 1.65. The molecule has 2 heterocycles. The summed E-state index contributed by atoms with van der Waals surface area (Å²) in [6, 6.07) is 21.5.